The molecule has 0 radical (unpaired) electrons. The van der Waals surface area contributed by atoms with E-state index >= 15 is 0 Å². The molecule has 0 spiro atoms. The fourth-order valence-corrected chi connectivity index (χ4v) is 2.42. The van der Waals surface area contributed by atoms with Crippen molar-refractivity contribution in [1.82, 2.24) is 9.55 Å². The molecule has 0 N–H and O–H groups in total. The molecular weight excluding hydrogens is 260 g/mol. The van der Waals surface area contributed by atoms with Gasteiger partial charge in [0.25, 0.3) is 0 Å². The Kier molecular flexibility index (Phi) is 4.38. The SMILES string of the molecule is CCCn1ccnc1Cc1ccc(C(C)=O)c(Cl)c1. The van der Waals surface area contributed by atoms with Crippen molar-refractivity contribution >= 4 is 17.4 Å². The Morgan fingerprint density at radius 2 is 2.21 bits per heavy atom. The van der Waals surface area contributed by atoms with Crippen molar-refractivity contribution in [1.29, 1.82) is 0 Å². The number of carbonyl (C=O) groups excluding carboxylic acids is 1. The van der Waals surface area contributed by atoms with E-state index in [-0.39, 0.29) is 5.78 Å². The van der Waals surface area contributed by atoms with Crippen LogP contribution in [0.15, 0.2) is 30.6 Å². The van der Waals surface area contributed by atoms with Crippen LogP contribution in [0, 0.1) is 0 Å². The van der Waals surface area contributed by atoms with Gasteiger partial charge >= 0.3 is 0 Å². The second kappa shape index (κ2) is 6.02. The number of nitrogens with zero attached hydrogens (tertiary/aromatic N) is 2. The zero-order valence-electron chi connectivity index (χ0n) is 11.2. The highest BCUT2D eigenvalue weighted by Gasteiger charge is 2.08. The lowest BCUT2D eigenvalue weighted by molar-refractivity contribution is 0.101. The minimum atomic E-state index is -0.0102. The number of Topliss-reactive ketones (excluding diaryl/α,β-unsaturated/α-hetero) is 1. The minimum absolute atomic E-state index is 0.0102. The molecule has 100 valence electrons. The molecule has 1 aromatic carbocycles. The van der Waals surface area contributed by atoms with Crippen molar-refractivity contribution in [2.75, 3.05) is 0 Å². The van der Waals surface area contributed by atoms with Crippen LogP contribution in [0.1, 0.15) is 42.0 Å². The molecule has 2 aromatic rings. The summed E-state index contributed by atoms with van der Waals surface area (Å²) in [6.45, 7) is 4.63. The van der Waals surface area contributed by atoms with Crippen molar-refractivity contribution in [3.05, 3.63) is 52.6 Å². The first-order chi connectivity index (χ1) is 9.11. The minimum Gasteiger partial charge on any atom is -0.335 e. The normalized spacial score (nSPS) is 10.7. The largest absolute Gasteiger partial charge is 0.335 e. The molecule has 1 aromatic heterocycles. The van der Waals surface area contributed by atoms with Gasteiger partial charge in [-0.05, 0) is 31.0 Å². The number of aromatic nitrogens is 2. The molecule has 0 aliphatic carbocycles. The van der Waals surface area contributed by atoms with E-state index in [1.807, 2.05) is 24.5 Å². The highest BCUT2D eigenvalue weighted by atomic mass is 35.5. The summed E-state index contributed by atoms with van der Waals surface area (Å²) in [7, 11) is 0. The van der Waals surface area contributed by atoms with Gasteiger partial charge in [-0.1, -0.05) is 24.6 Å². The first-order valence-electron chi connectivity index (χ1n) is 6.41. The third-order valence-corrected chi connectivity index (χ3v) is 3.35. The summed E-state index contributed by atoms with van der Waals surface area (Å²) in [5.41, 5.74) is 1.64. The van der Waals surface area contributed by atoms with Crippen LogP contribution >= 0.6 is 11.6 Å². The maximum absolute atomic E-state index is 11.3. The molecule has 19 heavy (non-hydrogen) atoms. The zero-order chi connectivity index (χ0) is 13.8. The van der Waals surface area contributed by atoms with Crippen LogP contribution in [-0.2, 0) is 13.0 Å². The Bertz CT molecular complexity index is 590. The lowest BCUT2D eigenvalue weighted by Crippen LogP contribution is -2.04. The Hall–Kier alpha value is -1.61. The summed E-state index contributed by atoms with van der Waals surface area (Å²) in [5.74, 6) is 1.01. The molecule has 0 atom stereocenters. The van der Waals surface area contributed by atoms with Crippen LogP contribution in [-0.4, -0.2) is 15.3 Å². The maximum atomic E-state index is 11.3. The van der Waals surface area contributed by atoms with Gasteiger partial charge in [-0.15, -0.1) is 0 Å². The maximum Gasteiger partial charge on any atom is 0.161 e. The lowest BCUT2D eigenvalue weighted by atomic mass is 10.1. The number of aryl methyl sites for hydroxylation is 1. The van der Waals surface area contributed by atoms with E-state index in [2.05, 4.69) is 16.5 Å². The van der Waals surface area contributed by atoms with E-state index in [9.17, 15) is 4.79 Å². The molecule has 3 nitrogen and oxygen atoms in total. The van der Waals surface area contributed by atoms with Gasteiger partial charge in [0.05, 0.1) is 5.02 Å². The number of halogens is 1. The molecule has 0 aliphatic rings. The van der Waals surface area contributed by atoms with Crippen LogP contribution in [0.2, 0.25) is 5.02 Å². The Balaban J connectivity index is 2.21. The number of hydrogen-bond donors (Lipinski definition) is 0. The lowest BCUT2D eigenvalue weighted by Gasteiger charge is -2.08. The summed E-state index contributed by atoms with van der Waals surface area (Å²) in [6.07, 6.45) is 5.61. The highest BCUT2D eigenvalue weighted by molar-refractivity contribution is 6.33. The van der Waals surface area contributed by atoms with Crippen LogP contribution < -0.4 is 0 Å². The second-order valence-corrected chi connectivity index (χ2v) is 4.99. The average molecular weight is 277 g/mol. The van der Waals surface area contributed by atoms with E-state index in [0.29, 0.717) is 10.6 Å². The van der Waals surface area contributed by atoms with Crippen LogP contribution in [0.25, 0.3) is 0 Å². The zero-order valence-corrected chi connectivity index (χ0v) is 11.9. The van der Waals surface area contributed by atoms with Crippen molar-refractivity contribution in [3.63, 3.8) is 0 Å². The summed E-state index contributed by atoms with van der Waals surface area (Å²) >= 11 is 6.12. The number of ketones is 1. The average Bonchev–Trinajstić information content (AvgIpc) is 2.77. The van der Waals surface area contributed by atoms with E-state index < -0.39 is 0 Å². The Morgan fingerprint density at radius 1 is 1.42 bits per heavy atom. The summed E-state index contributed by atoms with van der Waals surface area (Å²) in [5, 5.41) is 0.513. The van der Waals surface area contributed by atoms with Crippen molar-refractivity contribution in [2.45, 2.75) is 33.2 Å². The van der Waals surface area contributed by atoms with E-state index in [1.54, 1.807) is 6.07 Å². The summed E-state index contributed by atoms with van der Waals surface area (Å²) < 4.78 is 2.15. The van der Waals surface area contributed by atoms with Gasteiger partial charge in [0.1, 0.15) is 5.82 Å². The van der Waals surface area contributed by atoms with E-state index in [1.165, 1.54) is 6.92 Å². The van der Waals surface area contributed by atoms with Crippen molar-refractivity contribution in [2.24, 2.45) is 0 Å². The van der Waals surface area contributed by atoms with Crippen molar-refractivity contribution in [3.8, 4) is 0 Å². The smallest absolute Gasteiger partial charge is 0.161 e. The van der Waals surface area contributed by atoms with Gasteiger partial charge in [-0.2, -0.15) is 0 Å². The molecule has 0 aliphatic heterocycles. The second-order valence-electron chi connectivity index (χ2n) is 4.58. The van der Waals surface area contributed by atoms with E-state index in [0.717, 1.165) is 30.8 Å². The number of rotatable bonds is 5. The molecule has 4 heteroatoms. The summed E-state index contributed by atoms with van der Waals surface area (Å²) in [4.78, 5) is 15.7. The van der Waals surface area contributed by atoms with Crippen LogP contribution in [0.4, 0.5) is 0 Å². The molecule has 0 unspecified atom stereocenters. The highest BCUT2D eigenvalue weighted by Crippen LogP contribution is 2.20. The topological polar surface area (TPSA) is 34.9 Å². The fraction of sp³-hybridized carbons (Fsp3) is 0.333. The third-order valence-electron chi connectivity index (χ3n) is 3.04. The molecule has 1 heterocycles. The Morgan fingerprint density at radius 3 is 2.84 bits per heavy atom. The molecule has 0 saturated heterocycles. The standard InChI is InChI=1S/C15H17ClN2O/c1-3-7-18-8-6-17-15(18)10-12-4-5-13(11(2)19)14(16)9-12/h4-6,8-9H,3,7,10H2,1-2H3. The first-order valence-corrected chi connectivity index (χ1v) is 6.79. The predicted molar refractivity (Wildman–Crippen MR) is 76.8 cm³/mol. The molecule has 0 bridgehead atoms. The first kappa shape index (κ1) is 13.8. The third kappa shape index (κ3) is 3.24. The predicted octanol–water partition coefficient (Wildman–Crippen LogP) is 3.74. The van der Waals surface area contributed by atoms with Gasteiger partial charge in [-0.3, -0.25) is 4.79 Å². The molecule has 2 rings (SSSR count). The quantitative estimate of drug-likeness (QED) is 0.780. The Labute approximate surface area is 118 Å². The number of hydrogen-bond acceptors (Lipinski definition) is 2. The van der Waals surface area contributed by atoms with Gasteiger partial charge in [-0.25, -0.2) is 4.98 Å². The number of benzene rings is 1. The van der Waals surface area contributed by atoms with Gasteiger partial charge in [0.15, 0.2) is 5.78 Å². The molecular formula is C15H17ClN2O. The van der Waals surface area contributed by atoms with Crippen LogP contribution in [0.3, 0.4) is 0 Å². The van der Waals surface area contributed by atoms with Crippen molar-refractivity contribution < 1.29 is 4.79 Å². The van der Waals surface area contributed by atoms with Gasteiger partial charge < -0.3 is 4.57 Å². The van der Waals surface area contributed by atoms with Gasteiger partial charge in [0, 0.05) is 30.9 Å². The molecule has 0 saturated carbocycles. The number of carbonyl (C=O) groups is 1. The summed E-state index contributed by atoms with van der Waals surface area (Å²) in [6, 6.07) is 5.57. The van der Waals surface area contributed by atoms with Gasteiger partial charge in [0.2, 0.25) is 0 Å². The van der Waals surface area contributed by atoms with Crippen LogP contribution in [0.5, 0.6) is 0 Å². The fourth-order valence-electron chi connectivity index (χ4n) is 2.09. The van der Waals surface area contributed by atoms with E-state index in [4.69, 9.17) is 11.6 Å². The molecule has 0 fully saturated rings. The number of imidazole rings is 1. The monoisotopic (exact) mass is 276 g/mol. The molecule has 0 amide bonds.